The van der Waals surface area contributed by atoms with Crippen molar-refractivity contribution in [2.75, 3.05) is 32.7 Å². The molecular formula is C33H49N3O9. The van der Waals surface area contributed by atoms with E-state index in [0.29, 0.717) is 42.4 Å². The first-order valence-electron chi connectivity index (χ1n) is 15.1. The molecule has 45 heavy (non-hydrogen) atoms. The van der Waals surface area contributed by atoms with Crippen molar-refractivity contribution in [1.29, 1.82) is 0 Å². The zero-order chi connectivity index (χ0) is 33.4. The van der Waals surface area contributed by atoms with Gasteiger partial charge in [-0.05, 0) is 79.0 Å². The Balaban J connectivity index is 0.000000394. The summed E-state index contributed by atoms with van der Waals surface area (Å²) in [5.74, 6) is -1.29. The van der Waals surface area contributed by atoms with Crippen LogP contribution in [0.25, 0.3) is 0 Å². The van der Waals surface area contributed by atoms with Crippen LogP contribution < -0.4 is 16.0 Å². The highest BCUT2D eigenvalue weighted by atomic mass is 16.3. The lowest BCUT2D eigenvalue weighted by Crippen LogP contribution is -2.27. The number of hydrogen-bond donors (Lipinski definition) is 12. The first-order valence-corrected chi connectivity index (χ1v) is 15.1. The van der Waals surface area contributed by atoms with Crippen LogP contribution in [0.5, 0.6) is 34.5 Å². The maximum atomic E-state index is 10.1. The lowest BCUT2D eigenvalue weighted by Gasteiger charge is -2.14. The van der Waals surface area contributed by atoms with Gasteiger partial charge in [0.15, 0.2) is 34.5 Å². The minimum atomic E-state index is -0.748. The molecule has 0 spiro atoms. The molecular weight excluding hydrogens is 582 g/mol. The molecule has 3 aromatic carbocycles. The van der Waals surface area contributed by atoms with E-state index in [4.69, 9.17) is 5.11 Å². The minimum absolute atomic E-state index is 0.178. The predicted octanol–water partition coefficient (Wildman–Crippen LogP) is 3.14. The number of hydrogen-bond acceptors (Lipinski definition) is 12. The third kappa shape index (κ3) is 13.8. The van der Waals surface area contributed by atoms with Crippen LogP contribution in [0, 0.1) is 0 Å². The van der Waals surface area contributed by atoms with Crippen LogP contribution >= 0.6 is 0 Å². The molecule has 0 saturated heterocycles. The van der Waals surface area contributed by atoms with Crippen molar-refractivity contribution in [3.63, 3.8) is 0 Å². The highest BCUT2D eigenvalue weighted by molar-refractivity contribution is 5.42. The number of phenolic OH excluding ortho intramolecular Hbond substituents is 6. The number of unbranched alkanes of at least 4 members (excludes halogenated alkanes) is 3. The molecule has 0 amide bonds. The predicted molar refractivity (Wildman–Crippen MR) is 172 cm³/mol. The summed E-state index contributed by atoms with van der Waals surface area (Å²) in [6.07, 6.45) is 1.86. The molecule has 12 N–H and O–H groups in total. The van der Waals surface area contributed by atoms with Crippen molar-refractivity contribution in [2.24, 2.45) is 0 Å². The van der Waals surface area contributed by atoms with Gasteiger partial charge in [-0.2, -0.15) is 0 Å². The average molecular weight is 632 g/mol. The van der Waals surface area contributed by atoms with Gasteiger partial charge in [-0.3, -0.25) is 0 Å². The van der Waals surface area contributed by atoms with Crippen molar-refractivity contribution >= 4 is 0 Å². The number of rotatable bonds is 17. The molecule has 0 heterocycles. The minimum Gasteiger partial charge on any atom is -0.504 e. The largest absolute Gasteiger partial charge is 0.504 e. The van der Waals surface area contributed by atoms with Crippen molar-refractivity contribution in [1.82, 2.24) is 16.0 Å². The van der Waals surface area contributed by atoms with Crippen molar-refractivity contribution in [3.05, 3.63) is 71.3 Å². The fraction of sp³-hybridized carbons (Fsp3) is 0.455. The van der Waals surface area contributed by atoms with Gasteiger partial charge >= 0.3 is 0 Å². The van der Waals surface area contributed by atoms with E-state index in [0.717, 1.165) is 38.8 Å². The van der Waals surface area contributed by atoms with E-state index < -0.39 is 18.3 Å². The molecule has 3 unspecified atom stereocenters. The Morgan fingerprint density at radius 3 is 1.11 bits per heavy atom. The molecule has 12 nitrogen and oxygen atoms in total. The van der Waals surface area contributed by atoms with Gasteiger partial charge in [0.25, 0.3) is 0 Å². The van der Waals surface area contributed by atoms with E-state index in [1.54, 1.807) is 18.2 Å². The Morgan fingerprint density at radius 1 is 0.467 bits per heavy atom. The summed E-state index contributed by atoms with van der Waals surface area (Å²) in [4.78, 5) is 0. The van der Waals surface area contributed by atoms with Crippen LogP contribution in [0.15, 0.2) is 54.6 Å². The molecule has 3 rings (SSSR count). The van der Waals surface area contributed by atoms with Crippen LogP contribution in [0.4, 0.5) is 0 Å². The second-order valence-corrected chi connectivity index (χ2v) is 11.2. The van der Waals surface area contributed by atoms with Crippen molar-refractivity contribution < 1.29 is 46.0 Å². The zero-order valence-corrected chi connectivity index (χ0v) is 25.9. The zero-order valence-electron chi connectivity index (χ0n) is 25.9. The molecule has 0 radical (unpaired) electrons. The second-order valence-electron chi connectivity index (χ2n) is 11.2. The van der Waals surface area contributed by atoms with Crippen LogP contribution in [-0.2, 0) is 0 Å². The molecule has 12 heteroatoms. The standard InChI is InChI=1S/C22H32N2O6.C11H17NO3/c25-17-7-5-15(11-19(17)27)21(29)13-23-9-3-1-2-4-10-24-14-22(30)16-6-8-18(26)20(28)12-16;1-7(2)12-6-11(15)8-3-4-9(13)10(14)5-8/h5-8,11-12,21-30H,1-4,9-10,13-14H2;3-5,7,11-15H,6H2,1-2H3. The number of aliphatic hydroxyl groups is 3. The molecule has 3 atom stereocenters. The topological polar surface area (TPSA) is 218 Å². The summed E-state index contributed by atoms with van der Waals surface area (Å²) < 4.78 is 0. The Morgan fingerprint density at radius 2 is 0.800 bits per heavy atom. The van der Waals surface area contributed by atoms with Crippen molar-refractivity contribution in [3.8, 4) is 34.5 Å². The monoisotopic (exact) mass is 631 g/mol. The van der Waals surface area contributed by atoms with Gasteiger partial charge in [0.2, 0.25) is 0 Å². The lowest BCUT2D eigenvalue weighted by molar-refractivity contribution is 0.171. The van der Waals surface area contributed by atoms with Crippen molar-refractivity contribution in [2.45, 2.75) is 63.9 Å². The smallest absolute Gasteiger partial charge is 0.157 e. The maximum absolute atomic E-state index is 10.1. The molecule has 0 aromatic heterocycles. The third-order valence-electron chi connectivity index (χ3n) is 7.00. The van der Waals surface area contributed by atoms with E-state index in [9.17, 15) is 40.9 Å². The summed E-state index contributed by atoms with van der Waals surface area (Å²) in [7, 11) is 0. The molecule has 0 saturated carbocycles. The first-order chi connectivity index (χ1) is 21.4. The van der Waals surface area contributed by atoms with Gasteiger partial charge < -0.3 is 61.9 Å². The van der Waals surface area contributed by atoms with Gasteiger partial charge in [-0.1, -0.05) is 44.9 Å². The fourth-order valence-corrected chi connectivity index (χ4v) is 4.28. The van der Waals surface area contributed by atoms with Gasteiger partial charge in [0.05, 0.1) is 18.3 Å². The van der Waals surface area contributed by atoms with E-state index in [2.05, 4.69) is 16.0 Å². The van der Waals surface area contributed by atoms with Gasteiger partial charge in [0.1, 0.15) is 0 Å². The van der Waals surface area contributed by atoms with E-state index >= 15 is 0 Å². The Bertz CT molecular complexity index is 1230. The summed E-state index contributed by atoms with van der Waals surface area (Å²) in [6.45, 7) is 6.69. The maximum Gasteiger partial charge on any atom is 0.157 e. The normalized spacial score (nSPS) is 13.2. The number of nitrogens with one attached hydrogen (secondary N) is 3. The molecule has 0 aliphatic rings. The second kappa shape index (κ2) is 19.6. The van der Waals surface area contributed by atoms with Gasteiger partial charge in [0, 0.05) is 25.7 Å². The number of aromatic hydroxyl groups is 6. The van der Waals surface area contributed by atoms with Gasteiger partial charge in [-0.25, -0.2) is 0 Å². The first kappa shape index (κ1) is 37.4. The van der Waals surface area contributed by atoms with Gasteiger partial charge in [-0.15, -0.1) is 0 Å². The summed E-state index contributed by atoms with van der Waals surface area (Å²) >= 11 is 0. The Kier molecular flexibility index (Phi) is 16.3. The van der Waals surface area contributed by atoms with Crippen LogP contribution in [0.3, 0.4) is 0 Å². The summed E-state index contributed by atoms with van der Waals surface area (Å²) in [5, 5.41) is 95.2. The van der Waals surface area contributed by atoms with Crippen LogP contribution in [-0.4, -0.2) is 84.7 Å². The molecule has 3 aromatic rings. The highest BCUT2D eigenvalue weighted by Gasteiger charge is 2.12. The highest BCUT2D eigenvalue weighted by Crippen LogP contribution is 2.29. The lowest BCUT2D eigenvalue weighted by atomic mass is 10.1. The van der Waals surface area contributed by atoms with Crippen LogP contribution in [0.2, 0.25) is 0 Å². The number of aliphatic hydroxyl groups excluding tert-OH is 3. The summed E-state index contributed by atoms with van der Waals surface area (Å²) in [6, 6.07) is 13.2. The third-order valence-corrected chi connectivity index (χ3v) is 7.00. The molecule has 0 aliphatic carbocycles. The van der Waals surface area contributed by atoms with E-state index in [1.165, 1.54) is 36.4 Å². The summed E-state index contributed by atoms with van der Waals surface area (Å²) in [5.41, 5.74) is 1.68. The SMILES string of the molecule is CC(C)NCC(O)c1ccc(O)c(O)c1.Oc1ccc(C(O)CNCCCCCCNCC(O)c2ccc(O)c(O)c2)cc1O. The Hall–Kier alpha value is -3.78. The number of benzene rings is 3. The molecule has 250 valence electrons. The number of phenols is 6. The van der Waals surface area contributed by atoms with E-state index in [1.807, 2.05) is 13.8 Å². The van der Waals surface area contributed by atoms with E-state index in [-0.39, 0.29) is 34.5 Å². The molecule has 0 fully saturated rings. The molecule has 0 bridgehead atoms. The molecule has 0 aliphatic heterocycles. The fourth-order valence-electron chi connectivity index (χ4n) is 4.28. The quantitative estimate of drug-likeness (QED) is 0.0764. The Labute approximate surface area is 264 Å². The van der Waals surface area contributed by atoms with Crippen LogP contribution in [0.1, 0.15) is 74.5 Å². The average Bonchev–Trinajstić information content (AvgIpc) is 3.01.